The van der Waals surface area contributed by atoms with E-state index >= 15 is 0 Å². The molecular formula is C20H21N3O4S2. The van der Waals surface area contributed by atoms with Crippen molar-refractivity contribution in [3.05, 3.63) is 71.5 Å². The fourth-order valence-electron chi connectivity index (χ4n) is 2.50. The second-order valence-electron chi connectivity index (χ2n) is 6.46. The Hall–Kier alpha value is -2.65. The van der Waals surface area contributed by atoms with Crippen molar-refractivity contribution in [2.75, 3.05) is 5.75 Å². The van der Waals surface area contributed by atoms with Crippen LogP contribution >= 0.6 is 11.8 Å². The van der Waals surface area contributed by atoms with Crippen LogP contribution < -0.4 is 0 Å². The second-order valence-corrected chi connectivity index (χ2v) is 9.40. The van der Waals surface area contributed by atoms with Gasteiger partial charge >= 0.3 is 5.97 Å². The SMILES string of the molecule is Cc1ccc(S(=O)(=O)Cc2nnc(SCC(=O)OCc3ccccc3)n2C)cc1. The molecule has 7 nitrogen and oxygen atoms in total. The molecule has 152 valence electrons. The molecule has 3 aromatic rings. The number of thioether (sulfide) groups is 1. The quantitative estimate of drug-likeness (QED) is 0.400. The molecule has 9 heteroatoms. The van der Waals surface area contributed by atoms with Crippen molar-refractivity contribution in [3.8, 4) is 0 Å². The maximum Gasteiger partial charge on any atom is 0.316 e. The molecule has 1 heterocycles. The Morgan fingerprint density at radius 3 is 2.45 bits per heavy atom. The third-order valence-corrected chi connectivity index (χ3v) is 6.81. The van der Waals surface area contributed by atoms with E-state index in [4.69, 9.17) is 4.74 Å². The molecule has 0 saturated heterocycles. The van der Waals surface area contributed by atoms with E-state index in [1.54, 1.807) is 35.9 Å². The van der Waals surface area contributed by atoms with E-state index in [-0.39, 0.29) is 29.0 Å². The van der Waals surface area contributed by atoms with E-state index in [1.807, 2.05) is 37.3 Å². The van der Waals surface area contributed by atoms with Crippen LogP contribution in [0.5, 0.6) is 0 Å². The first-order valence-electron chi connectivity index (χ1n) is 8.85. The third-order valence-electron chi connectivity index (χ3n) is 4.19. The van der Waals surface area contributed by atoms with E-state index in [1.165, 1.54) is 0 Å². The Kier molecular flexibility index (Phi) is 6.71. The van der Waals surface area contributed by atoms with Crippen LogP contribution in [-0.4, -0.2) is 34.9 Å². The largest absolute Gasteiger partial charge is 0.460 e. The summed E-state index contributed by atoms with van der Waals surface area (Å²) < 4.78 is 32.0. The van der Waals surface area contributed by atoms with Gasteiger partial charge in [0.2, 0.25) is 0 Å². The molecular weight excluding hydrogens is 410 g/mol. The molecule has 0 bridgehead atoms. The monoisotopic (exact) mass is 431 g/mol. The molecule has 0 amide bonds. The van der Waals surface area contributed by atoms with Gasteiger partial charge < -0.3 is 9.30 Å². The van der Waals surface area contributed by atoms with Gasteiger partial charge in [-0.25, -0.2) is 8.42 Å². The minimum atomic E-state index is -3.53. The summed E-state index contributed by atoms with van der Waals surface area (Å²) >= 11 is 1.15. The van der Waals surface area contributed by atoms with Crippen LogP contribution in [0.15, 0.2) is 64.6 Å². The van der Waals surface area contributed by atoms with Gasteiger partial charge in [0, 0.05) is 7.05 Å². The van der Waals surface area contributed by atoms with Crippen molar-refractivity contribution >= 4 is 27.6 Å². The van der Waals surface area contributed by atoms with E-state index in [0.29, 0.717) is 11.0 Å². The topological polar surface area (TPSA) is 91.2 Å². The molecule has 0 unspecified atom stereocenters. The maximum atomic E-state index is 12.6. The number of benzene rings is 2. The number of carbonyl (C=O) groups is 1. The lowest BCUT2D eigenvalue weighted by Crippen LogP contribution is -2.10. The number of aromatic nitrogens is 3. The van der Waals surface area contributed by atoms with Crippen LogP contribution in [-0.2, 0) is 38.8 Å². The number of esters is 1. The molecule has 0 N–H and O–H groups in total. The minimum absolute atomic E-state index is 0.0590. The van der Waals surface area contributed by atoms with E-state index in [2.05, 4.69) is 10.2 Å². The van der Waals surface area contributed by atoms with Crippen LogP contribution in [0.4, 0.5) is 0 Å². The first-order chi connectivity index (χ1) is 13.8. The van der Waals surface area contributed by atoms with Crippen LogP contribution in [0.25, 0.3) is 0 Å². The van der Waals surface area contributed by atoms with Gasteiger partial charge in [-0.05, 0) is 24.6 Å². The molecule has 0 saturated carbocycles. The molecule has 3 rings (SSSR count). The Bertz CT molecular complexity index is 1080. The highest BCUT2D eigenvalue weighted by atomic mass is 32.2. The number of sulfone groups is 1. The number of carbonyl (C=O) groups excluding carboxylic acids is 1. The highest BCUT2D eigenvalue weighted by molar-refractivity contribution is 7.99. The zero-order valence-corrected chi connectivity index (χ0v) is 17.7. The molecule has 0 spiro atoms. The molecule has 0 aliphatic heterocycles. The summed E-state index contributed by atoms with van der Waals surface area (Å²) in [6, 6.07) is 16.1. The van der Waals surface area contributed by atoms with Crippen molar-refractivity contribution in [2.24, 2.45) is 7.05 Å². The highest BCUT2D eigenvalue weighted by Gasteiger charge is 2.20. The average Bonchev–Trinajstić information content (AvgIpc) is 3.05. The lowest BCUT2D eigenvalue weighted by Gasteiger charge is -2.06. The van der Waals surface area contributed by atoms with Crippen LogP contribution in [0.1, 0.15) is 17.0 Å². The van der Waals surface area contributed by atoms with Gasteiger partial charge in [-0.3, -0.25) is 4.79 Å². The summed E-state index contributed by atoms with van der Waals surface area (Å²) in [5.74, 6) is -0.274. The second kappa shape index (κ2) is 9.23. The number of rotatable bonds is 8. The zero-order valence-electron chi connectivity index (χ0n) is 16.1. The molecule has 1 aromatic heterocycles. The van der Waals surface area contributed by atoms with Gasteiger partial charge in [0.1, 0.15) is 18.2 Å². The number of nitrogens with zero attached hydrogens (tertiary/aromatic N) is 3. The van der Waals surface area contributed by atoms with Gasteiger partial charge in [0.05, 0.1) is 10.6 Å². The fraction of sp³-hybridized carbons (Fsp3) is 0.250. The molecule has 0 radical (unpaired) electrons. The predicted octanol–water partition coefficient (Wildman–Crippen LogP) is 2.93. The van der Waals surface area contributed by atoms with Crippen molar-refractivity contribution in [3.63, 3.8) is 0 Å². The van der Waals surface area contributed by atoms with Crippen molar-refractivity contribution < 1.29 is 17.9 Å². The van der Waals surface area contributed by atoms with Crippen LogP contribution in [0.3, 0.4) is 0 Å². The van der Waals surface area contributed by atoms with Gasteiger partial charge in [-0.15, -0.1) is 10.2 Å². The summed E-state index contributed by atoms with van der Waals surface area (Å²) in [5, 5.41) is 8.43. The van der Waals surface area contributed by atoms with Gasteiger partial charge in [-0.1, -0.05) is 59.8 Å². The summed E-state index contributed by atoms with van der Waals surface area (Å²) in [6.45, 7) is 2.10. The zero-order chi connectivity index (χ0) is 20.9. The first-order valence-corrected chi connectivity index (χ1v) is 11.5. The minimum Gasteiger partial charge on any atom is -0.460 e. The Balaban J connectivity index is 1.57. The van der Waals surface area contributed by atoms with E-state index in [0.717, 1.165) is 22.9 Å². The molecule has 0 atom stereocenters. The summed E-state index contributed by atoms with van der Waals surface area (Å²) in [5.41, 5.74) is 1.90. The smallest absolute Gasteiger partial charge is 0.316 e. The average molecular weight is 432 g/mol. The first kappa shape index (κ1) is 21.1. The van der Waals surface area contributed by atoms with Crippen molar-refractivity contribution in [2.45, 2.75) is 29.3 Å². The Morgan fingerprint density at radius 1 is 1.07 bits per heavy atom. The summed E-state index contributed by atoms with van der Waals surface area (Å²) in [6.07, 6.45) is 0. The number of ether oxygens (including phenoxy) is 1. The van der Waals surface area contributed by atoms with E-state index in [9.17, 15) is 13.2 Å². The van der Waals surface area contributed by atoms with Crippen molar-refractivity contribution in [1.82, 2.24) is 14.8 Å². The van der Waals surface area contributed by atoms with Gasteiger partial charge in [0.15, 0.2) is 15.0 Å². The van der Waals surface area contributed by atoms with Gasteiger partial charge in [0.25, 0.3) is 0 Å². The molecule has 2 aromatic carbocycles. The molecule has 29 heavy (non-hydrogen) atoms. The lowest BCUT2D eigenvalue weighted by molar-refractivity contribution is -0.141. The van der Waals surface area contributed by atoms with Crippen molar-refractivity contribution in [1.29, 1.82) is 0 Å². The fourth-order valence-corrected chi connectivity index (χ4v) is 4.54. The number of hydrogen-bond donors (Lipinski definition) is 0. The Morgan fingerprint density at radius 2 is 1.76 bits per heavy atom. The maximum absolute atomic E-state index is 12.6. The Labute approximate surface area is 174 Å². The van der Waals surface area contributed by atoms with Gasteiger partial charge in [-0.2, -0.15) is 0 Å². The lowest BCUT2D eigenvalue weighted by atomic mass is 10.2. The normalized spacial score (nSPS) is 11.4. The standard InChI is InChI=1S/C20H21N3O4S2/c1-15-8-10-17(11-9-15)29(25,26)14-18-21-22-20(23(18)2)28-13-19(24)27-12-16-6-4-3-5-7-16/h3-11H,12-14H2,1-2H3. The predicted molar refractivity (Wildman–Crippen MR) is 110 cm³/mol. The molecule has 0 aliphatic carbocycles. The van der Waals surface area contributed by atoms with E-state index < -0.39 is 9.84 Å². The third kappa shape index (κ3) is 5.68. The molecule has 0 aliphatic rings. The van der Waals surface area contributed by atoms with Crippen LogP contribution in [0.2, 0.25) is 0 Å². The summed E-state index contributed by atoms with van der Waals surface area (Å²) in [4.78, 5) is 12.2. The highest BCUT2D eigenvalue weighted by Crippen LogP contribution is 2.20. The molecule has 0 fully saturated rings. The summed E-state index contributed by atoms with van der Waals surface area (Å²) in [7, 11) is -1.86. The number of aryl methyl sites for hydroxylation is 1. The van der Waals surface area contributed by atoms with Crippen LogP contribution in [0, 0.1) is 6.92 Å². The number of hydrogen-bond acceptors (Lipinski definition) is 7.